The number of hydrogen-bond donors (Lipinski definition) is 1. The van der Waals surface area contributed by atoms with Gasteiger partial charge in [0.15, 0.2) is 5.76 Å². The van der Waals surface area contributed by atoms with Gasteiger partial charge in [-0.3, -0.25) is 4.79 Å². The highest BCUT2D eigenvalue weighted by Gasteiger charge is 2.15. The minimum Gasteiger partial charge on any atom is -0.481 e. The Kier molecular flexibility index (Phi) is 6.76. The molecule has 2 aromatic rings. The second-order valence-corrected chi connectivity index (χ2v) is 6.30. The van der Waals surface area contributed by atoms with Crippen molar-refractivity contribution in [1.29, 1.82) is 0 Å². The van der Waals surface area contributed by atoms with Gasteiger partial charge in [0, 0.05) is 5.57 Å². The average molecular weight is 384 g/mol. The van der Waals surface area contributed by atoms with Gasteiger partial charge < -0.3 is 14.6 Å². The molecule has 0 saturated carbocycles. The second kappa shape index (κ2) is 9.88. The van der Waals surface area contributed by atoms with Crippen LogP contribution in [0.2, 0.25) is 0 Å². The molecule has 4 heteroatoms. The number of benzene rings is 2. The van der Waals surface area contributed by atoms with E-state index in [-0.39, 0.29) is 6.42 Å². The van der Waals surface area contributed by atoms with Crippen LogP contribution in [0.1, 0.15) is 18.9 Å². The zero-order valence-electron chi connectivity index (χ0n) is 16.0. The number of allylic oxidation sites excluding steroid dienone is 3. The summed E-state index contributed by atoms with van der Waals surface area (Å²) in [4.78, 5) is 11.0. The predicted octanol–water partition coefficient (Wildman–Crippen LogP) is 5.24. The van der Waals surface area contributed by atoms with E-state index in [1.807, 2.05) is 54.6 Å². The summed E-state index contributed by atoms with van der Waals surface area (Å²) in [5.41, 5.74) is 7.54. The summed E-state index contributed by atoms with van der Waals surface area (Å²) in [5, 5.41) is 9.03. The van der Waals surface area contributed by atoms with Crippen LogP contribution in [-0.2, 0) is 16.1 Å². The van der Waals surface area contributed by atoms with Crippen LogP contribution in [0.3, 0.4) is 0 Å². The molecule has 1 aliphatic carbocycles. The van der Waals surface area contributed by atoms with Gasteiger partial charge in [0.05, 0.1) is 12.3 Å². The number of ether oxygens (including phenoxy) is 2. The minimum atomic E-state index is -0.899. The average Bonchev–Trinajstić information content (AvgIpc) is 2.73. The molecule has 0 bridgehead atoms. The maximum Gasteiger partial charge on any atom is 0.304 e. The molecule has 0 amide bonds. The highest BCUT2D eigenvalue weighted by molar-refractivity contribution is 5.68. The first-order valence-electron chi connectivity index (χ1n) is 9.16. The zero-order valence-corrected chi connectivity index (χ0v) is 16.0. The molecule has 0 spiro atoms. The maximum absolute atomic E-state index is 11.0. The molecule has 0 saturated heterocycles. The van der Waals surface area contributed by atoms with Crippen LogP contribution in [0.5, 0.6) is 11.5 Å². The summed E-state index contributed by atoms with van der Waals surface area (Å²) < 4.78 is 11.6. The number of hydrogen-bond acceptors (Lipinski definition) is 3. The van der Waals surface area contributed by atoms with Crippen LogP contribution in [0.25, 0.3) is 0 Å². The van der Waals surface area contributed by atoms with Gasteiger partial charge in [-0.1, -0.05) is 42.0 Å². The van der Waals surface area contributed by atoms with Crippen LogP contribution in [-0.4, -0.2) is 11.1 Å². The third-order valence-corrected chi connectivity index (χ3v) is 4.09. The Morgan fingerprint density at radius 1 is 1.07 bits per heavy atom. The highest BCUT2D eigenvalue weighted by Crippen LogP contribution is 2.23. The molecular weight excluding hydrogens is 364 g/mol. The number of carboxylic acids is 1. The standard InChI is InChI=1S/C25H20O4/c1-2-7-21(17-25(26)27)20-12-14-22(15-13-20)28-18-19-8-6-11-24(16-19)29-23-9-4-3-5-10-23/h3-6,8-12,14,16,21H,17-18H2,1H3,(H,26,27). The fourth-order valence-electron chi connectivity index (χ4n) is 2.74. The molecule has 144 valence electrons. The largest absolute Gasteiger partial charge is 0.481 e. The summed E-state index contributed by atoms with van der Waals surface area (Å²) in [6.45, 7) is 2.04. The second-order valence-electron chi connectivity index (χ2n) is 6.30. The summed E-state index contributed by atoms with van der Waals surface area (Å²) in [6.07, 6.45) is 3.46. The normalized spacial score (nSPS) is 12.9. The smallest absolute Gasteiger partial charge is 0.304 e. The molecule has 1 N–H and O–H groups in total. The van der Waals surface area contributed by atoms with Gasteiger partial charge in [-0.2, -0.15) is 0 Å². The van der Waals surface area contributed by atoms with Gasteiger partial charge in [0.25, 0.3) is 0 Å². The first kappa shape index (κ1) is 19.9. The van der Waals surface area contributed by atoms with Crippen LogP contribution in [0, 0.1) is 17.8 Å². The third-order valence-electron chi connectivity index (χ3n) is 4.09. The Morgan fingerprint density at radius 2 is 1.86 bits per heavy atom. The molecule has 1 aliphatic rings. The van der Waals surface area contributed by atoms with Crippen molar-refractivity contribution in [2.45, 2.75) is 20.0 Å². The molecular formula is C25H20O4. The number of para-hydroxylation sites is 1. The van der Waals surface area contributed by atoms with Gasteiger partial charge in [-0.15, -0.1) is 5.92 Å². The van der Waals surface area contributed by atoms with Crippen molar-refractivity contribution in [2.24, 2.45) is 5.92 Å². The van der Waals surface area contributed by atoms with Crippen molar-refractivity contribution in [3.8, 4) is 23.3 Å². The van der Waals surface area contributed by atoms with Crippen molar-refractivity contribution in [3.05, 3.63) is 95.1 Å². The van der Waals surface area contributed by atoms with E-state index in [0.29, 0.717) is 17.9 Å². The molecule has 3 rings (SSSR count). The zero-order chi connectivity index (χ0) is 20.5. The van der Waals surface area contributed by atoms with Crippen LogP contribution in [0.15, 0.2) is 89.5 Å². The van der Waals surface area contributed by atoms with Crippen molar-refractivity contribution in [1.82, 2.24) is 0 Å². The summed E-state index contributed by atoms with van der Waals surface area (Å²) in [7, 11) is 0. The number of rotatable bonds is 8. The Labute approximate surface area is 170 Å². The lowest BCUT2D eigenvalue weighted by atomic mass is 9.95. The minimum absolute atomic E-state index is 0.0699. The van der Waals surface area contributed by atoms with Crippen LogP contribution >= 0.6 is 0 Å². The van der Waals surface area contributed by atoms with E-state index < -0.39 is 11.9 Å². The fraction of sp³-hybridized carbons (Fsp3) is 0.160. The van der Waals surface area contributed by atoms with Crippen molar-refractivity contribution in [3.63, 3.8) is 0 Å². The van der Waals surface area contributed by atoms with Crippen molar-refractivity contribution >= 4 is 5.97 Å². The topological polar surface area (TPSA) is 55.8 Å². The molecule has 4 nitrogen and oxygen atoms in total. The molecule has 0 aliphatic heterocycles. The fourth-order valence-corrected chi connectivity index (χ4v) is 2.74. The van der Waals surface area contributed by atoms with Gasteiger partial charge in [-0.25, -0.2) is 0 Å². The van der Waals surface area contributed by atoms with E-state index >= 15 is 0 Å². The Morgan fingerprint density at radius 3 is 2.55 bits per heavy atom. The number of aliphatic carboxylic acids is 1. The summed E-state index contributed by atoms with van der Waals surface area (Å²) in [6, 6.07) is 17.3. The molecule has 0 fully saturated rings. The van der Waals surface area contributed by atoms with Gasteiger partial charge >= 0.3 is 5.97 Å². The van der Waals surface area contributed by atoms with Gasteiger partial charge in [0.2, 0.25) is 0 Å². The Balaban J connectivity index is 1.67. The molecule has 2 aromatic carbocycles. The van der Waals surface area contributed by atoms with Crippen molar-refractivity contribution < 1.29 is 19.4 Å². The lowest BCUT2D eigenvalue weighted by Crippen LogP contribution is -2.08. The lowest BCUT2D eigenvalue weighted by molar-refractivity contribution is -0.137. The summed E-state index contributed by atoms with van der Waals surface area (Å²) in [5.74, 6) is 6.39. The van der Waals surface area contributed by atoms with E-state index in [2.05, 4.69) is 23.3 Å². The highest BCUT2D eigenvalue weighted by atomic mass is 16.5. The monoisotopic (exact) mass is 384 g/mol. The van der Waals surface area contributed by atoms with E-state index in [4.69, 9.17) is 14.6 Å². The van der Waals surface area contributed by atoms with E-state index in [1.54, 1.807) is 19.1 Å². The van der Waals surface area contributed by atoms with E-state index in [0.717, 1.165) is 17.1 Å². The van der Waals surface area contributed by atoms with Crippen LogP contribution < -0.4 is 4.74 Å². The molecule has 0 radical (unpaired) electrons. The van der Waals surface area contributed by atoms with Crippen LogP contribution in [0.4, 0.5) is 0 Å². The van der Waals surface area contributed by atoms with E-state index in [9.17, 15) is 4.79 Å². The maximum atomic E-state index is 11.0. The SMILES string of the molecule is CC#CC(CC(=O)O)C1=C=C=C(OCc2cccc(Oc3ccccc3)c2)C=C1. The van der Waals surface area contributed by atoms with Crippen molar-refractivity contribution in [2.75, 3.05) is 0 Å². The molecule has 1 unspecified atom stereocenters. The summed E-state index contributed by atoms with van der Waals surface area (Å²) >= 11 is 0. The molecule has 0 heterocycles. The first-order chi connectivity index (χ1) is 14.1. The molecule has 0 aromatic heterocycles. The predicted molar refractivity (Wildman–Crippen MR) is 110 cm³/mol. The number of carbonyl (C=O) groups is 1. The number of carboxylic acid groups (broad SMARTS) is 1. The first-order valence-corrected chi connectivity index (χ1v) is 9.16. The van der Waals surface area contributed by atoms with Gasteiger partial charge in [-0.05, 0) is 54.6 Å². The lowest BCUT2D eigenvalue weighted by Gasteiger charge is -2.11. The quantitative estimate of drug-likeness (QED) is 0.499. The Bertz CT molecular complexity index is 1070. The Hall–Kier alpha value is -3.89. The van der Waals surface area contributed by atoms with Gasteiger partial charge in [0.1, 0.15) is 18.1 Å². The molecule has 29 heavy (non-hydrogen) atoms. The molecule has 1 atom stereocenters. The van der Waals surface area contributed by atoms with E-state index in [1.165, 1.54) is 0 Å². The third kappa shape index (κ3) is 6.06.